The van der Waals surface area contributed by atoms with Crippen molar-refractivity contribution in [3.63, 3.8) is 0 Å². The summed E-state index contributed by atoms with van der Waals surface area (Å²) in [6, 6.07) is 4.96. The third-order valence-electron chi connectivity index (χ3n) is 2.68. The predicted octanol–water partition coefficient (Wildman–Crippen LogP) is 2.26. The van der Waals surface area contributed by atoms with Gasteiger partial charge >= 0.3 is 0 Å². The standard InChI is InChI=1S/C13H7F2N3O/c14-8-5-9(15)11-10(6-8)17-12(18-13(11)19)7-1-3-16-4-2-7/h1-6H,(H,17,18,19). The molecule has 0 aliphatic heterocycles. The molecule has 1 aromatic carbocycles. The highest BCUT2D eigenvalue weighted by molar-refractivity contribution is 5.80. The van der Waals surface area contributed by atoms with Gasteiger partial charge in [0.15, 0.2) is 0 Å². The van der Waals surface area contributed by atoms with Crippen LogP contribution in [0.1, 0.15) is 0 Å². The number of pyridine rings is 1. The molecule has 0 fully saturated rings. The van der Waals surface area contributed by atoms with E-state index in [1.807, 2.05) is 0 Å². The zero-order valence-corrected chi connectivity index (χ0v) is 9.52. The number of hydrogen-bond donors (Lipinski definition) is 1. The molecule has 94 valence electrons. The van der Waals surface area contributed by atoms with E-state index in [0.29, 0.717) is 11.6 Å². The van der Waals surface area contributed by atoms with Crippen LogP contribution in [0.2, 0.25) is 0 Å². The Kier molecular flexibility index (Phi) is 2.56. The highest BCUT2D eigenvalue weighted by Crippen LogP contribution is 2.18. The lowest BCUT2D eigenvalue weighted by Crippen LogP contribution is -2.11. The number of halogens is 2. The molecule has 0 spiro atoms. The van der Waals surface area contributed by atoms with Crippen molar-refractivity contribution < 1.29 is 8.78 Å². The van der Waals surface area contributed by atoms with Crippen LogP contribution in [0.25, 0.3) is 22.3 Å². The van der Waals surface area contributed by atoms with Gasteiger partial charge < -0.3 is 4.98 Å². The fourth-order valence-electron chi connectivity index (χ4n) is 1.84. The zero-order chi connectivity index (χ0) is 13.4. The highest BCUT2D eigenvalue weighted by Gasteiger charge is 2.11. The van der Waals surface area contributed by atoms with E-state index in [1.54, 1.807) is 12.1 Å². The topological polar surface area (TPSA) is 58.6 Å². The summed E-state index contributed by atoms with van der Waals surface area (Å²) in [6.07, 6.45) is 3.07. The summed E-state index contributed by atoms with van der Waals surface area (Å²) >= 11 is 0. The summed E-state index contributed by atoms with van der Waals surface area (Å²) in [4.78, 5) is 22.2. The number of fused-ring (bicyclic) bond motifs is 1. The van der Waals surface area contributed by atoms with Gasteiger partial charge in [-0.2, -0.15) is 0 Å². The first-order valence-corrected chi connectivity index (χ1v) is 5.44. The van der Waals surface area contributed by atoms with Gasteiger partial charge in [-0.15, -0.1) is 0 Å². The van der Waals surface area contributed by atoms with Gasteiger partial charge in [0.2, 0.25) is 0 Å². The van der Waals surface area contributed by atoms with E-state index in [0.717, 1.165) is 6.07 Å². The maximum Gasteiger partial charge on any atom is 0.262 e. The summed E-state index contributed by atoms with van der Waals surface area (Å²) in [5, 5.41) is -0.251. The second-order valence-electron chi connectivity index (χ2n) is 3.93. The molecule has 0 aliphatic rings. The van der Waals surface area contributed by atoms with Gasteiger partial charge in [-0.3, -0.25) is 9.78 Å². The Balaban J connectivity index is 2.34. The monoisotopic (exact) mass is 259 g/mol. The minimum absolute atomic E-state index is 0.0203. The third kappa shape index (κ3) is 1.97. The van der Waals surface area contributed by atoms with E-state index in [9.17, 15) is 13.6 Å². The van der Waals surface area contributed by atoms with Crippen LogP contribution in [0.4, 0.5) is 8.78 Å². The average molecular weight is 259 g/mol. The van der Waals surface area contributed by atoms with Gasteiger partial charge in [-0.05, 0) is 12.1 Å². The number of nitrogens with one attached hydrogen (secondary N) is 1. The van der Waals surface area contributed by atoms with Crippen molar-refractivity contribution >= 4 is 10.9 Å². The molecule has 0 saturated carbocycles. The van der Waals surface area contributed by atoms with Gasteiger partial charge in [0.25, 0.3) is 5.56 Å². The first kappa shape index (κ1) is 11.5. The second-order valence-corrected chi connectivity index (χ2v) is 3.93. The normalized spacial score (nSPS) is 10.8. The lowest BCUT2D eigenvalue weighted by Gasteiger charge is -2.03. The fourth-order valence-corrected chi connectivity index (χ4v) is 1.84. The van der Waals surface area contributed by atoms with E-state index < -0.39 is 17.2 Å². The summed E-state index contributed by atoms with van der Waals surface area (Å²) in [5.41, 5.74) is -0.0546. The minimum atomic E-state index is -0.926. The first-order chi connectivity index (χ1) is 9.15. The van der Waals surface area contributed by atoms with Crippen molar-refractivity contribution in [2.75, 3.05) is 0 Å². The maximum absolute atomic E-state index is 13.5. The molecule has 19 heavy (non-hydrogen) atoms. The molecule has 4 nitrogen and oxygen atoms in total. The highest BCUT2D eigenvalue weighted by atomic mass is 19.1. The first-order valence-electron chi connectivity index (χ1n) is 5.44. The number of rotatable bonds is 1. The molecule has 0 atom stereocenters. The zero-order valence-electron chi connectivity index (χ0n) is 9.52. The van der Waals surface area contributed by atoms with Crippen LogP contribution < -0.4 is 5.56 Å². The number of aromatic amines is 1. The van der Waals surface area contributed by atoms with E-state index in [-0.39, 0.29) is 16.7 Å². The molecule has 3 aromatic rings. The molecule has 1 N–H and O–H groups in total. The van der Waals surface area contributed by atoms with E-state index in [4.69, 9.17) is 0 Å². The molecular formula is C13H7F2N3O. The minimum Gasteiger partial charge on any atom is -0.306 e. The fraction of sp³-hybridized carbons (Fsp3) is 0. The molecule has 2 aromatic heterocycles. The summed E-state index contributed by atoms with van der Waals surface area (Å²) in [6.45, 7) is 0. The quantitative estimate of drug-likeness (QED) is 0.729. The molecule has 3 rings (SSSR count). The van der Waals surface area contributed by atoms with Crippen LogP contribution in [0.3, 0.4) is 0 Å². The molecule has 0 bridgehead atoms. The summed E-state index contributed by atoms with van der Waals surface area (Å²) in [5.74, 6) is -1.46. The molecule has 0 unspecified atom stereocenters. The van der Waals surface area contributed by atoms with Crippen LogP contribution in [0.15, 0.2) is 41.5 Å². The van der Waals surface area contributed by atoms with Gasteiger partial charge in [-0.1, -0.05) is 0 Å². The Bertz CT molecular complexity index is 815. The Labute approximate surface area is 105 Å². The Morgan fingerprint density at radius 2 is 1.84 bits per heavy atom. The van der Waals surface area contributed by atoms with Crippen molar-refractivity contribution in [3.8, 4) is 11.4 Å². The van der Waals surface area contributed by atoms with Crippen molar-refractivity contribution in [2.24, 2.45) is 0 Å². The van der Waals surface area contributed by atoms with Crippen LogP contribution in [-0.4, -0.2) is 15.0 Å². The Hall–Kier alpha value is -2.63. The van der Waals surface area contributed by atoms with Crippen LogP contribution in [-0.2, 0) is 0 Å². The van der Waals surface area contributed by atoms with Crippen LogP contribution in [0.5, 0.6) is 0 Å². The SMILES string of the molecule is O=c1[nH]c(-c2ccncc2)nc2cc(F)cc(F)c12. The van der Waals surface area contributed by atoms with Crippen LogP contribution in [0, 0.1) is 11.6 Å². The molecule has 0 amide bonds. The number of aromatic nitrogens is 3. The van der Waals surface area contributed by atoms with Crippen molar-refractivity contribution in [1.29, 1.82) is 0 Å². The molecule has 6 heteroatoms. The lowest BCUT2D eigenvalue weighted by atomic mass is 10.2. The van der Waals surface area contributed by atoms with Gasteiger partial charge in [0, 0.05) is 30.1 Å². The molecular weight excluding hydrogens is 252 g/mol. The van der Waals surface area contributed by atoms with Crippen LogP contribution >= 0.6 is 0 Å². The summed E-state index contributed by atoms with van der Waals surface area (Å²) in [7, 11) is 0. The Morgan fingerprint density at radius 3 is 2.58 bits per heavy atom. The van der Waals surface area contributed by atoms with E-state index in [2.05, 4.69) is 15.0 Å². The van der Waals surface area contributed by atoms with Crippen molar-refractivity contribution in [1.82, 2.24) is 15.0 Å². The molecule has 0 saturated heterocycles. The third-order valence-corrected chi connectivity index (χ3v) is 2.68. The van der Waals surface area contributed by atoms with Gasteiger partial charge in [0.1, 0.15) is 22.8 Å². The molecule has 2 heterocycles. The van der Waals surface area contributed by atoms with Crippen molar-refractivity contribution in [2.45, 2.75) is 0 Å². The van der Waals surface area contributed by atoms with E-state index >= 15 is 0 Å². The largest absolute Gasteiger partial charge is 0.306 e. The van der Waals surface area contributed by atoms with Crippen molar-refractivity contribution in [3.05, 3.63) is 58.6 Å². The molecule has 0 aliphatic carbocycles. The maximum atomic E-state index is 13.5. The predicted molar refractivity (Wildman–Crippen MR) is 65.5 cm³/mol. The Morgan fingerprint density at radius 1 is 1.11 bits per heavy atom. The molecule has 0 radical (unpaired) electrons. The number of H-pyrrole nitrogens is 1. The van der Waals surface area contributed by atoms with Gasteiger partial charge in [0.05, 0.1) is 5.52 Å². The lowest BCUT2D eigenvalue weighted by molar-refractivity contribution is 0.591. The second kappa shape index (κ2) is 4.24. The van der Waals surface area contributed by atoms with Gasteiger partial charge in [-0.25, -0.2) is 13.8 Å². The number of hydrogen-bond acceptors (Lipinski definition) is 3. The smallest absolute Gasteiger partial charge is 0.262 e. The van der Waals surface area contributed by atoms with E-state index in [1.165, 1.54) is 12.4 Å². The average Bonchev–Trinajstić information content (AvgIpc) is 2.38. The number of nitrogens with zero attached hydrogens (tertiary/aromatic N) is 2. The number of benzene rings is 1. The summed E-state index contributed by atoms with van der Waals surface area (Å²) < 4.78 is 26.7.